The number of hydrogen-bond acceptors (Lipinski definition) is 3. The molecule has 4 atom stereocenters. The predicted molar refractivity (Wildman–Crippen MR) is 114 cm³/mol. The van der Waals surface area contributed by atoms with Crippen molar-refractivity contribution in [2.24, 2.45) is 17.8 Å². The number of carbonyl (C=O) groups excluding carboxylic acids is 2. The quantitative estimate of drug-likeness (QED) is 0.721. The lowest BCUT2D eigenvalue weighted by molar-refractivity contribution is -0.130. The number of benzene rings is 1. The first-order valence-corrected chi connectivity index (χ1v) is 10.6. The molecule has 1 saturated heterocycles. The summed E-state index contributed by atoms with van der Waals surface area (Å²) in [6.45, 7) is 13.6. The molecule has 0 bridgehead atoms. The molecular formula is C23H37N3O2. The lowest BCUT2D eigenvalue weighted by atomic mass is 9.91. The maximum Gasteiger partial charge on any atom is 0.243 e. The first-order valence-electron chi connectivity index (χ1n) is 10.6. The van der Waals surface area contributed by atoms with Crippen molar-refractivity contribution in [1.29, 1.82) is 0 Å². The highest BCUT2D eigenvalue weighted by molar-refractivity contribution is 5.88. The first kappa shape index (κ1) is 22.4. The molecule has 5 heteroatoms. The summed E-state index contributed by atoms with van der Waals surface area (Å²) in [6.07, 6.45) is 1.57. The summed E-state index contributed by atoms with van der Waals surface area (Å²) >= 11 is 0. The summed E-state index contributed by atoms with van der Waals surface area (Å²) < 4.78 is 0. The van der Waals surface area contributed by atoms with E-state index < -0.39 is 6.04 Å². The van der Waals surface area contributed by atoms with Crippen LogP contribution < -0.4 is 10.6 Å². The standard InChI is InChI=1S/C23H37N3O2/c1-16(2)22(25-21(27)12-20-9-7-6-8-10-20)23(28)24-19(5)15-26-13-17(3)11-18(4)14-26/h6-10,16-19,22H,11-15H2,1-5H3,(H,24,28)(H,25,27). The van der Waals surface area contributed by atoms with Gasteiger partial charge in [-0.3, -0.25) is 9.59 Å². The smallest absolute Gasteiger partial charge is 0.243 e. The Hall–Kier alpha value is -1.88. The fourth-order valence-electron chi connectivity index (χ4n) is 4.25. The Balaban J connectivity index is 1.86. The van der Waals surface area contributed by atoms with Crippen LogP contribution in [-0.4, -0.2) is 48.4 Å². The lowest BCUT2D eigenvalue weighted by Gasteiger charge is -2.36. The number of likely N-dealkylation sites (tertiary alicyclic amines) is 1. The number of rotatable bonds is 8. The average Bonchev–Trinajstić information content (AvgIpc) is 2.59. The Morgan fingerprint density at radius 1 is 1.04 bits per heavy atom. The molecule has 0 radical (unpaired) electrons. The molecule has 0 saturated carbocycles. The van der Waals surface area contributed by atoms with Gasteiger partial charge in [0.2, 0.25) is 11.8 Å². The van der Waals surface area contributed by atoms with Gasteiger partial charge in [0.1, 0.15) is 6.04 Å². The van der Waals surface area contributed by atoms with Crippen molar-refractivity contribution in [3.05, 3.63) is 35.9 Å². The van der Waals surface area contributed by atoms with Crippen LogP contribution in [0, 0.1) is 17.8 Å². The van der Waals surface area contributed by atoms with Crippen molar-refractivity contribution < 1.29 is 9.59 Å². The molecule has 2 rings (SSSR count). The molecule has 0 aliphatic carbocycles. The van der Waals surface area contributed by atoms with Gasteiger partial charge in [-0.2, -0.15) is 0 Å². The van der Waals surface area contributed by atoms with Gasteiger partial charge in [-0.25, -0.2) is 0 Å². The number of hydrogen-bond donors (Lipinski definition) is 2. The zero-order valence-electron chi connectivity index (χ0n) is 18.1. The third kappa shape index (κ3) is 7.27. The Kier molecular flexibility index (Phi) is 8.49. The number of nitrogens with zero attached hydrogens (tertiary/aromatic N) is 1. The molecule has 156 valence electrons. The van der Waals surface area contributed by atoms with Gasteiger partial charge >= 0.3 is 0 Å². The molecule has 2 amide bonds. The van der Waals surface area contributed by atoms with Crippen LogP contribution in [-0.2, 0) is 16.0 Å². The van der Waals surface area contributed by atoms with Crippen molar-refractivity contribution in [3.8, 4) is 0 Å². The highest BCUT2D eigenvalue weighted by atomic mass is 16.2. The molecular weight excluding hydrogens is 350 g/mol. The maximum absolute atomic E-state index is 12.8. The molecule has 2 N–H and O–H groups in total. The molecule has 1 aliphatic rings. The van der Waals surface area contributed by atoms with E-state index in [2.05, 4.69) is 29.4 Å². The van der Waals surface area contributed by atoms with E-state index in [1.807, 2.05) is 51.1 Å². The van der Waals surface area contributed by atoms with Crippen LogP contribution in [0.5, 0.6) is 0 Å². The van der Waals surface area contributed by atoms with Gasteiger partial charge in [0.25, 0.3) is 0 Å². The summed E-state index contributed by atoms with van der Waals surface area (Å²) in [7, 11) is 0. The summed E-state index contributed by atoms with van der Waals surface area (Å²) in [6, 6.07) is 9.14. The molecule has 4 unspecified atom stereocenters. The summed E-state index contributed by atoms with van der Waals surface area (Å²) in [4.78, 5) is 27.7. The summed E-state index contributed by atoms with van der Waals surface area (Å²) in [5.41, 5.74) is 0.949. The minimum Gasteiger partial charge on any atom is -0.351 e. The molecule has 1 aromatic rings. The molecule has 1 heterocycles. The number of piperidine rings is 1. The van der Waals surface area contributed by atoms with Crippen molar-refractivity contribution in [2.75, 3.05) is 19.6 Å². The van der Waals surface area contributed by atoms with E-state index >= 15 is 0 Å². The van der Waals surface area contributed by atoms with Crippen LogP contribution in [0.15, 0.2) is 30.3 Å². The van der Waals surface area contributed by atoms with Crippen LogP contribution in [0.3, 0.4) is 0 Å². The van der Waals surface area contributed by atoms with Crippen molar-refractivity contribution in [1.82, 2.24) is 15.5 Å². The monoisotopic (exact) mass is 387 g/mol. The number of amides is 2. The topological polar surface area (TPSA) is 61.4 Å². The van der Waals surface area contributed by atoms with Gasteiger partial charge in [-0.05, 0) is 36.7 Å². The molecule has 1 fully saturated rings. The molecule has 28 heavy (non-hydrogen) atoms. The average molecular weight is 388 g/mol. The fourth-order valence-corrected chi connectivity index (χ4v) is 4.25. The SMILES string of the molecule is CC1CC(C)CN(CC(C)NC(=O)C(NC(=O)Cc2ccccc2)C(C)C)C1. The van der Waals surface area contributed by atoms with E-state index in [1.54, 1.807) is 0 Å². The van der Waals surface area contributed by atoms with E-state index in [-0.39, 0.29) is 30.2 Å². The van der Waals surface area contributed by atoms with E-state index in [1.165, 1.54) is 6.42 Å². The van der Waals surface area contributed by atoms with Crippen LogP contribution in [0.4, 0.5) is 0 Å². The van der Waals surface area contributed by atoms with Gasteiger partial charge in [-0.1, -0.05) is 58.0 Å². The molecule has 0 spiro atoms. The van der Waals surface area contributed by atoms with E-state index in [0.29, 0.717) is 11.8 Å². The fraction of sp³-hybridized carbons (Fsp3) is 0.652. The summed E-state index contributed by atoms with van der Waals surface area (Å²) in [5.74, 6) is 1.22. The Labute approximate surface area is 170 Å². The molecule has 1 aliphatic heterocycles. The van der Waals surface area contributed by atoms with Gasteiger partial charge in [0.05, 0.1) is 6.42 Å². The van der Waals surface area contributed by atoms with Gasteiger partial charge < -0.3 is 15.5 Å². The third-order valence-electron chi connectivity index (χ3n) is 5.34. The van der Waals surface area contributed by atoms with Crippen LogP contribution >= 0.6 is 0 Å². The normalized spacial score (nSPS) is 22.5. The first-order chi connectivity index (χ1) is 13.2. The Morgan fingerprint density at radius 2 is 1.64 bits per heavy atom. The minimum absolute atomic E-state index is 0.0296. The van der Waals surface area contributed by atoms with Crippen molar-refractivity contribution in [3.63, 3.8) is 0 Å². The largest absolute Gasteiger partial charge is 0.351 e. The molecule has 0 aromatic heterocycles. The van der Waals surface area contributed by atoms with Gasteiger partial charge in [0.15, 0.2) is 0 Å². The lowest BCUT2D eigenvalue weighted by Crippen LogP contribution is -2.54. The van der Waals surface area contributed by atoms with E-state index in [4.69, 9.17) is 0 Å². The van der Waals surface area contributed by atoms with Crippen LogP contribution in [0.25, 0.3) is 0 Å². The number of nitrogens with one attached hydrogen (secondary N) is 2. The maximum atomic E-state index is 12.8. The molecule has 1 aromatic carbocycles. The summed E-state index contributed by atoms with van der Waals surface area (Å²) in [5, 5.41) is 6.04. The zero-order valence-corrected chi connectivity index (χ0v) is 18.1. The van der Waals surface area contributed by atoms with Crippen LogP contribution in [0.1, 0.15) is 46.6 Å². The second-order valence-electron chi connectivity index (χ2n) is 9.03. The van der Waals surface area contributed by atoms with Gasteiger partial charge in [-0.15, -0.1) is 0 Å². The highest BCUT2D eigenvalue weighted by Gasteiger charge is 2.27. The number of carbonyl (C=O) groups is 2. The van der Waals surface area contributed by atoms with Crippen LogP contribution in [0.2, 0.25) is 0 Å². The second kappa shape index (κ2) is 10.6. The van der Waals surface area contributed by atoms with Crippen molar-refractivity contribution >= 4 is 11.8 Å². The van der Waals surface area contributed by atoms with Crippen molar-refractivity contribution in [2.45, 2.75) is 59.5 Å². The molecule has 5 nitrogen and oxygen atoms in total. The second-order valence-corrected chi connectivity index (χ2v) is 9.03. The van der Waals surface area contributed by atoms with E-state index in [9.17, 15) is 9.59 Å². The van der Waals surface area contributed by atoms with E-state index in [0.717, 1.165) is 25.2 Å². The predicted octanol–water partition coefficient (Wildman–Crippen LogP) is 2.85. The Bertz CT molecular complexity index is 622. The highest BCUT2D eigenvalue weighted by Crippen LogP contribution is 2.20. The third-order valence-corrected chi connectivity index (χ3v) is 5.34. The Morgan fingerprint density at radius 3 is 2.21 bits per heavy atom. The van der Waals surface area contributed by atoms with Gasteiger partial charge in [0, 0.05) is 25.7 Å². The zero-order chi connectivity index (χ0) is 20.7. The minimum atomic E-state index is -0.516.